The van der Waals surface area contributed by atoms with E-state index in [4.69, 9.17) is 9.84 Å². The van der Waals surface area contributed by atoms with E-state index in [2.05, 4.69) is 25.7 Å². The Bertz CT molecular complexity index is 567. The summed E-state index contributed by atoms with van der Waals surface area (Å²) in [6.07, 6.45) is 15.1. The first-order chi connectivity index (χ1) is 14.1. The largest absolute Gasteiger partial charge is 0.481 e. The number of carbonyl (C=O) groups is 2. The third-order valence-electron chi connectivity index (χ3n) is 5.42. The highest BCUT2D eigenvalue weighted by atomic mass is 16.5. The van der Waals surface area contributed by atoms with E-state index in [1.165, 1.54) is 32.1 Å². The van der Waals surface area contributed by atoms with Crippen molar-refractivity contribution in [1.29, 1.82) is 0 Å². The fraction of sp³-hybridized carbons (Fsp3) is 0.760. The van der Waals surface area contributed by atoms with Crippen LogP contribution in [-0.2, 0) is 14.3 Å². The van der Waals surface area contributed by atoms with Gasteiger partial charge in [0.15, 0.2) is 5.78 Å². The summed E-state index contributed by atoms with van der Waals surface area (Å²) in [5.74, 6) is 5.77. The average molecular weight is 405 g/mol. The minimum absolute atomic E-state index is 0.102. The molecular weight excluding hydrogens is 364 g/mol. The lowest BCUT2D eigenvalue weighted by molar-refractivity contribution is -0.137. The van der Waals surface area contributed by atoms with Gasteiger partial charge in [0.25, 0.3) is 0 Å². The molecule has 1 rings (SSSR count). The van der Waals surface area contributed by atoms with E-state index in [1.807, 2.05) is 0 Å². The minimum atomic E-state index is -0.751. The molecule has 4 nitrogen and oxygen atoms in total. The lowest BCUT2D eigenvalue weighted by Gasteiger charge is -2.21. The van der Waals surface area contributed by atoms with Crippen LogP contribution in [0.5, 0.6) is 0 Å². The van der Waals surface area contributed by atoms with Gasteiger partial charge in [-0.25, -0.2) is 0 Å². The van der Waals surface area contributed by atoms with Gasteiger partial charge in [0.05, 0.1) is 5.92 Å². The van der Waals surface area contributed by atoms with Crippen LogP contribution in [0.15, 0.2) is 11.6 Å². The van der Waals surface area contributed by atoms with Crippen LogP contribution >= 0.6 is 0 Å². The van der Waals surface area contributed by atoms with Crippen molar-refractivity contribution in [3.63, 3.8) is 0 Å². The first-order valence-electron chi connectivity index (χ1n) is 11.7. The van der Waals surface area contributed by atoms with Gasteiger partial charge in [-0.05, 0) is 31.8 Å². The van der Waals surface area contributed by atoms with Gasteiger partial charge in [-0.3, -0.25) is 9.59 Å². The fourth-order valence-corrected chi connectivity index (χ4v) is 3.68. The smallest absolute Gasteiger partial charge is 0.303 e. The summed E-state index contributed by atoms with van der Waals surface area (Å²) in [6.45, 7) is 4.94. The van der Waals surface area contributed by atoms with Crippen molar-refractivity contribution in [2.45, 2.75) is 110 Å². The van der Waals surface area contributed by atoms with Gasteiger partial charge in [0.1, 0.15) is 6.10 Å². The van der Waals surface area contributed by atoms with Gasteiger partial charge in [0, 0.05) is 25.0 Å². The van der Waals surface area contributed by atoms with Crippen LogP contribution in [0.25, 0.3) is 0 Å². The molecule has 4 heteroatoms. The summed E-state index contributed by atoms with van der Waals surface area (Å²) in [5, 5.41) is 8.72. The van der Waals surface area contributed by atoms with Crippen molar-refractivity contribution in [2.24, 2.45) is 5.92 Å². The summed E-state index contributed by atoms with van der Waals surface area (Å²) in [7, 11) is 0. The van der Waals surface area contributed by atoms with Crippen molar-refractivity contribution >= 4 is 11.8 Å². The maximum Gasteiger partial charge on any atom is 0.303 e. The Morgan fingerprint density at radius 3 is 2.38 bits per heavy atom. The number of hydrogen-bond donors (Lipinski definition) is 1. The molecule has 29 heavy (non-hydrogen) atoms. The molecule has 1 aliphatic rings. The number of hydrogen-bond acceptors (Lipinski definition) is 3. The Kier molecular flexibility index (Phi) is 14.2. The average Bonchev–Trinajstić information content (AvgIpc) is 2.99. The van der Waals surface area contributed by atoms with Crippen molar-refractivity contribution < 1.29 is 19.4 Å². The molecular formula is C25H40O4. The molecule has 0 saturated heterocycles. The molecule has 1 N–H and O–H groups in total. The Labute approximate surface area is 177 Å². The van der Waals surface area contributed by atoms with E-state index < -0.39 is 5.97 Å². The summed E-state index contributed by atoms with van der Waals surface area (Å²) >= 11 is 0. The molecule has 0 aromatic rings. The van der Waals surface area contributed by atoms with Crippen molar-refractivity contribution in [3.8, 4) is 11.8 Å². The number of unbranched alkanes of at least 4 members (excludes halogenated alkanes) is 9. The third kappa shape index (κ3) is 11.2. The molecule has 0 fully saturated rings. The number of carbonyl (C=O) groups excluding carboxylic acids is 1. The van der Waals surface area contributed by atoms with Crippen LogP contribution < -0.4 is 0 Å². The van der Waals surface area contributed by atoms with Crippen LogP contribution in [0.2, 0.25) is 0 Å². The van der Waals surface area contributed by atoms with Gasteiger partial charge in [-0.15, -0.1) is 0 Å². The van der Waals surface area contributed by atoms with E-state index in [9.17, 15) is 9.59 Å². The van der Waals surface area contributed by atoms with Crippen LogP contribution in [0, 0.1) is 17.8 Å². The Balaban J connectivity index is 2.55. The molecule has 2 atom stereocenters. The first-order valence-corrected chi connectivity index (χ1v) is 11.7. The number of carboxylic acids is 1. The Hall–Kier alpha value is -1.60. The zero-order valence-corrected chi connectivity index (χ0v) is 18.5. The maximum absolute atomic E-state index is 12.6. The van der Waals surface area contributed by atoms with E-state index in [1.54, 1.807) is 6.08 Å². The Morgan fingerprint density at radius 1 is 1.00 bits per heavy atom. The monoisotopic (exact) mass is 404 g/mol. The van der Waals surface area contributed by atoms with Crippen molar-refractivity contribution in [2.75, 3.05) is 6.61 Å². The number of rotatable bonds is 16. The SMILES string of the molecule is CCCCCCC#CC1=CC(=O)[C@H](CCCCCC)[C@@H]1OCCCCCC(=O)O. The lowest BCUT2D eigenvalue weighted by Crippen LogP contribution is -2.26. The van der Waals surface area contributed by atoms with Crippen LogP contribution in [0.3, 0.4) is 0 Å². The number of aliphatic carboxylic acids is 1. The van der Waals surface area contributed by atoms with Crippen molar-refractivity contribution in [1.82, 2.24) is 0 Å². The second-order valence-corrected chi connectivity index (χ2v) is 8.07. The third-order valence-corrected chi connectivity index (χ3v) is 5.42. The second-order valence-electron chi connectivity index (χ2n) is 8.07. The molecule has 164 valence electrons. The van der Waals surface area contributed by atoms with Gasteiger partial charge in [-0.2, -0.15) is 0 Å². The molecule has 0 aromatic carbocycles. The fourth-order valence-electron chi connectivity index (χ4n) is 3.68. The summed E-state index contributed by atoms with van der Waals surface area (Å²) < 4.78 is 6.12. The summed E-state index contributed by atoms with van der Waals surface area (Å²) in [5.41, 5.74) is 0.844. The summed E-state index contributed by atoms with van der Waals surface area (Å²) in [6, 6.07) is 0. The highest BCUT2D eigenvalue weighted by molar-refractivity contribution is 5.97. The molecule has 1 aliphatic carbocycles. The lowest BCUT2D eigenvalue weighted by atomic mass is 9.94. The number of allylic oxidation sites excluding steroid dienone is 1. The number of carboxylic acid groups (broad SMARTS) is 1. The van der Waals surface area contributed by atoms with E-state index in [0.717, 1.165) is 50.5 Å². The van der Waals surface area contributed by atoms with Gasteiger partial charge >= 0.3 is 5.97 Å². The van der Waals surface area contributed by atoms with E-state index in [-0.39, 0.29) is 24.2 Å². The zero-order chi connectivity index (χ0) is 21.3. The van der Waals surface area contributed by atoms with Crippen LogP contribution in [0.1, 0.15) is 104 Å². The number of ketones is 1. The maximum atomic E-state index is 12.6. The highest BCUT2D eigenvalue weighted by Crippen LogP contribution is 2.30. The van der Waals surface area contributed by atoms with E-state index >= 15 is 0 Å². The minimum Gasteiger partial charge on any atom is -0.481 e. The van der Waals surface area contributed by atoms with Gasteiger partial charge < -0.3 is 9.84 Å². The predicted molar refractivity (Wildman–Crippen MR) is 118 cm³/mol. The molecule has 0 amide bonds. The van der Waals surface area contributed by atoms with Gasteiger partial charge in [0.2, 0.25) is 0 Å². The molecule has 0 aliphatic heterocycles. The topological polar surface area (TPSA) is 63.6 Å². The summed E-state index contributed by atoms with van der Waals surface area (Å²) in [4.78, 5) is 23.2. The second kappa shape index (κ2) is 16.2. The first kappa shape index (κ1) is 25.4. The highest BCUT2D eigenvalue weighted by Gasteiger charge is 2.35. The van der Waals surface area contributed by atoms with Crippen LogP contribution in [-0.4, -0.2) is 29.6 Å². The quantitative estimate of drug-likeness (QED) is 0.250. The molecule has 0 spiro atoms. The normalized spacial score (nSPS) is 18.4. The number of ether oxygens (including phenoxy) is 1. The molecule has 0 aromatic heterocycles. The van der Waals surface area contributed by atoms with E-state index in [0.29, 0.717) is 13.0 Å². The Morgan fingerprint density at radius 2 is 1.69 bits per heavy atom. The molecule has 0 radical (unpaired) electrons. The zero-order valence-electron chi connectivity index (χ0n) is 18.5. The molecule has 0 unspecified atom stereocenters. The molecule has 0 bridgehead atoms. The standard InChI is InChI=1S/C25H40O4/c1-3-5-7-9-10-12-16-21-20-23(26)22(17-13-8-6-4-2)25(21)29-19-15-11-14-18-24(27)28/h20,22,25H,3-11,13-15,17-19H2,1-2H3,(H,27,28)/t22-,25+/m0/s1. The van der Waals surface area contributed by atoms with Crippen LogP contribution in [0.4, 0.5) is 0 Å². The van der Waals surface area contributed by atoms with Crippen molar-refractivity contribution in [3.05, 3.63) is 11.6 Å². The molecule has 0 heterocycles. The predicted octanol–water partition coefficient (Wildman–Crippen LogP) is 6.09. The van der Waals surface area contributed by atoms with Gasteiger partial charge in [-0.1, -0.05) is 77.1 Å². The molecule has 0 saturated carbocycles.